The average Bonchev–Trinajstić information content (AvgIpc) is 2.32. The predicted molar refractivity (Wildman–Crippen MR) is 75.3 cm³/mol. The topological polar surface area (TPSA) is 20.3 Å². The maximum Gasteiger partial charge on any atom is 0.219 e. The molecular weight excluding hydrogens is 298 g/mol. The van der Waals surface area contributed by atoms with E-state index in [1.807, 2.05) is 16.7 Å². The third-order valence-electron chi connectivity index (χ3n) is 2.94. The van der Waals surface area contributed by atoms with Crippen molar-refractivity contribution in [2.75, 3.05) is 13.1 Å². The third-order valence-corrected chi connectivity index (χ3v) is 4.73. The lowest BCUT2D eigenvalue weighted by atomic mass is 10.1. The van der Waals surface area contributed by atoms with Crippen molar-refractivity contribution in [3.63, 3.8) is 0 Å². The van der Waals surface area contributed by atoms with Gasteiger partial charge in [0.1, 0.15) is 0 Å². The van der Waals surface area contributed by atoms with Crippen LogP contribution in [0.5, 0.6) is 0 Å². The molecule has 0 radical (unpaired) electrons. The van der Waals surface area contributed by atoms with Crippen LogP contribution in [0.1, 0.15) is 19.8 Å². The van der Waals surface area contributed by atoms with Gasteiger partial charge in [-0.05, 0) is 37.1 Å². The minimum atomic E-state index is 0.200. The molecule has 0 aromatic heterocycles. The number of amides is 1. The summed E-state index contributed by atoms with van der Waals surface area (Å²) >= 11 is 5.32. The lowest BCUT2D eigenvalue weighted by Crippen LogP contribution is -2.39. The summed E-state index contributed by atoms with van der Waals surface area (Å²) in [6.45, 7) is 3.47. The minimum Gasteiger partial charge on any atom is -0.342 e. The van der Waals surface area contributed by atoms with Crippen LogP contribution in [0, 0.1) is 0 Å². The largest absolute Gasteiger partial charge is 0.342 e. The zero-order valence-corrected chi connectivity index (χ0v) is 12.3. The fourth-order valence-electron chi connectivity index (χ4n) is 2.03. The summed E-state index contributed by atoms with van der Waals surface area (Å²) in [5, 5.41) is 0.536. The zero-order valence-electron chi connectivity index (χ0n) is 9.86. The molecule has 1 fully saturated rings. The molecule has 2 nitrogen and oxygen atoms in total. The number of carbonyl (C=O) groups is 1. The van der Waals surface area contributed by atoms with E-state index in [-0.39, 0.29) is 5.91 Å². The van der Waals surface area contributed by atoms with Gasteiger partial charge in [-0.1, -0.05) is 15.9 Å². The van der Waals surface area contributed by atoms with E-state index in [0.29, 0.717) is 5.25 Å². The number of hydrogen-bond donors (Lipinski definition) is 0. The van der Waals surface area contributed by atoms with Crippen molar-refractivity contribution in [1.29, 1.82) is 0 Å². The molecule has 1 aromatic carbocycles. The molecule has 1 unspecified atom stereocenters. The highest BCUT2D eigenvalue weighted by Gasteiger charge is 2.22. The van der Waals surface area contributed by atoms with Crippen molar-refractivity contribution < 1.29 is 4.79 Å². The van der Waals surface area contributed by atoms with Crippen LogP contribution in [-0.4, -0.2) is 29.1 Å². The fourth-order valence-corrected chi connectivity index (χ4v) is 3.51. The van der Waals surface area contributed by atoms with Crippen molar-refractivity contribution >= 4 is 33.6 Å². The van der Waals surface area contributed by atoms with Gasteiger partial charge >= 0.3 is 0 Å². The number of benzene rings is 1. The van der Waals surface area contributed by atoms with Gasteiger partial charge in [0, 0.05) is 34.6 Å². The molecule has 0 aliphatic carbocycles. The highest BCUT2D eigenvalue weighted by atomic mass is 79.9. The first kappa shape index (κ1) is 13.0. The number of halogens is 1. The van der Waals surface area contributed by atoms with Crippen LogP contribution < -0.4 is 0 Å². The Morgan fingerprint density at radius 1 is 1.41 bits per heavy atom. The Morgan fingerprint density at radius 3 is 2.76 bits per heavy atom. The highest BCUT2D eigenvalue weighted by molar-refractivity contribution is 9.10. The van der Waals surface area contributed by atoms with E-state index >= 15 is 0 Å². The SMILES string of the molecule is CC(=O)N1CCCC(Sc2ccc(Br)cc2)C1. The summed E-state index contributed by atoms with van der Waals surface area (Å²) < 4.78 is 1.11. The van der Waals surface area contributed by atoms with Crippen molar-refractivity contribution in [2.24, 2.45) is 0 Å². The number of piperidine rings is 1. The first-order valence-electron chi connectivity index (χ1n) is 5.83. The third kappa shape index (κ3) is 3.75. The van der Waals surface area contributed by atoms with E-state index in [1.54, 1.807) is 6.92 Å². The molecule has 0 N–H and O–H groups in total. The predicted octanol–water partition coefficient (Wildman–Crippen LogP) is 3.55. The Morgan fingerprint density at radius 2 is 2.12 bits per heavy atom. The van der Waals surface area contributed by atoms with E-state index in [9.17, 15) is 4.79 Å². The quantitative estimate of drug-likeness (QED) is 0.832. The Balaban J connectivity index is 1.94. The summed E-state index contributed by atoms with van der Waals surface area (Å²) in [6.07, 6.45) is 2.32. The van der Waals surface area contributed by atoms with E-state index < -0.39 is 0 Å². The Bertz CT molecular complexity index is 393. The number of thioether (sulfide) groups is 1. The number of likely N-dealkylation sites (tertiary alicyclic amines) is 1. The molecule has 0 spiro atoms. The summed E-state index contributed by atoms with van der Waals surface area (Å²) in [5.41, 5.74) is 0. The number of nitrogens with zero attached hydrogens (tertiary/aromatic N) is 1. The lowest BCUT2D eigenvalue weighted by molar-refractivity contribution is -0.129. The van der Waals surface area contributed by atoms with Crippen LogP contribution in [0.25, 0.3) is 0 Å². The van der Waals surface area contributed by atoms with E-state index in [4.69, 9.17) is 0 Å². The van der Waals surface area contributed by atoms with E-state index in [1.165, 1.54) is 11.3 Å². The van der Waals surface area contributed by atoms with Crippen LogP contribution >= 0.6 is 27.7 Å². The second-order valence-electron chi connectivity index (χ2n) is 4.30. The van der Waals surface area contributed by atoms with Gasteiger partial charge < -0.3 is 4.90 Å². The first-order chi connectivity index (χ1) is 8.15. The van der Waals surface area contributed by atoms with Crippen molar-refractivity contribution in [2.45, 2.75) is 29.9 Å². The maximum absolute atomic E-state index is 11.4. The van der Waals surface area contributed by atoms with Gasteiger partial charge in [-0.15, -0.1) is 11.8 Å². The number of hydrogen-bond acceptors (Lipinski definition) is 2. The van der Waals surface area contributed by atoms with Gasteiger partial charge in [0.05, 0.1) is 0 Å². The Labute approximate surface area is 115 Å². The monoisotopic (exact) mass is 313 g/mol. The van der Waals surface area contributed by atoms with Gasteiger partial charge in [-0.2, -0.15) is 0 Å². The maximum atomic E-state index is 11.4. The minimum absolute atomic E-state index is 0.200. The summed E-state index contributed by atoms with van der Waals surface area (Å²) in [7, 11) is 0. The standard InChI is InChI=1S/C13H16BrNOS/c1-10(16)15-8-2-3-13(9-15)17-12-6-4-11(14)5-7-12/h4-7,13H,2-3,8-9H2,1H3. The lowest BCUT2D eigenvalue weighted by Gasteiger charge is -2.31. The Hall–Kier alpha value is -0.480. The molecule has 92 valence electrons. The summed E-state index contributed by atoms with van der Waals surface area (Å²) in [4.78, 5) is 14.6. The average molecular weight is 314 g/mol. The molecule has 4 heteroatoms. The molecule has 1 atom stereocenters. The van der Waals surface area contributed by atoms with Gasteiger partial charge in [0.2, 0.25) is 5.91 Å². The molecular formula is C13H16BrNOS. The molecule has 1 aliphatic rings. The molecule has 1 aromatic rings. The molecule has 1 saturated heterocycles. The number of rotatable bonds is 2. The van der Waals surface area contributed by atoms with E-state index in [0.717, 1.165) is 24.0 Å². The van der Waals surface area contributed by atoms with Crippen molar-refractivity contribution in [3.05, 3.63) is 28.7 Å². The van der Waals surface area contributed by atoms with Gasteiger partial charge in [-0.3, -0.25) is 4.79 Å². The van der Waals surface area contributed by atoms with E-state index in [2.05, 4.69) is 40.2 Å². The molecule has 17 heavy (non-hydrogen) atoms. The number of carbonyl (C=O) groups excluding carboxylic acids is 1. The summed E-state index contributed by atoms with van der Waals surface area (Å²) in [6, 6.07) is 8.38. The van der Waals surface area contributed by atoms with Gasteiger partial charge in [-0.25, -0.2) is 0 Å². The van der Waals surface area contributed by atoms with Gasteiger partial charge in [0.15, 0.2) is 0 Å². The second-order valence-corrected chi connectivity index (χ2v) is 6.59. The molecule has 1 heterocycles. The van der Waals surface area contributed by atoms with Crippen LogP contribution in [0.2, 0.25) is 0 Å². The van der Waals surface area contributed by atoms with Gasteiger partial charge in [0.25, 0.3) is 0 Å². The molecule has 0 bridgehead atoms. The smallest absolute Gasteiger partial charge is 0.219 e. The second kappa shape index (κ2) is 5.91. The van der Waals surface area contributed by atoms with Crippen LogP contribution in [0.3, 0.4) is 0 Å². The van der Waals surface area contributed by atoms with Crippen LogP contribution in [-0.2, 0) is 4.79 Å². The molecule has 0 saturated carbocycles. The fraction of sp³-hybridized carbons (Fsp3) is 0.462. The first-order valence-corrected chi connectivity index (χ1v) is 7.50. The zero-order chi connectivity index (χ0) is 12.3. The molecule has 2 rings (SSSR count). The highest BCUT2D eigenvalue weighted by Crippen LogP contribution is 2.30. The normalized spacial score (nSPS) is 20.4. The summed E-state index contributed by atoms with van der Waals surface area (Å²) in [5.74, 6) is 0.200. The van der Waals surface area contributed by atoms with Crippen molar-refractivity contribution in [3.8, 4) is 0 Å². The molecule has 1 aliphatic heterocycles. The Kier molecular flexibility index (Phi) is 4.51. The van der Waals surface area contributed by atoms with Crippen LogP contribution in [0.4, 0.5) is 0 Å². The van der Waals surface area contributed by atoms with Crippen LogP contribution in [0.15, 0.2) is 33.6 Å². The molecule has 1 amide bonds. The van der Waals surface area contributed by atoms with Crippen molar-refractivity contribution in [1.82, 2.24) is 4.90 Å².